The van der Waals surface area contributed by atoms with Gasteiger partial charge in [-0.05, 0) is 73.1 Å². The van der Waals surface area contributed by atoms with Crippen LogP contribution >= 0.6 is 11.6 Å². The molecule has 2 aromatic carbocycles. The van der Waals surface area contributed by atoms with Gasteiger partial charge in [-0.25, -0.2) is 4.79 Å². The zero-order valence-electron chi connectivity index (χ0n) is 25.2. The van der Waals surface area contributed by atoms with E-state index >= 15 is 0 Å². The predicted molar refractivity (Wildman–Crippen MR) is 171 cm³/mol. The summed E-state index contributed by atoms with van der Waals surface area (Å²) in [6.07, 6.45) is 1.39. The number of fused-ring (bicyclic) bond motifs is 1. The Bertz CT molecular complexity index is 1330. The molecular formula is C32H44ClN3O4Si. The van der Waals surface area contributed by atoms with Crippen molar-refractivity contribution in [1.82, 2.24) is 9.88 Å². The smallest absolute Gasteiger partial charge is 0.407 e. The number of aromatic nitrogens is 1. The third-order valence-electron chi connectivity index (χ3n) is 7.98. The van der Waals surface area contributed by atoms with Crippen molar-refractivity contribution >= 4 is 48.5 Å². The number of carbonyl (C=O) groups is 2. The van der Waals surface area contributed by atoms with E-state index in [1.165, 1.54) is 4.90 Å². The number of benzene rings is 2. The molecule has 0 saturated carbocycles. The average molecular weight is 598 g/mol. The largest absolute Gasteiger partial charge is 0.465 e. The van der Waals surface area contributed by atoms with Crippen molar-refractivity contribution in [3.63, 3.8) is 0 Å². The van der Waals surface area contributed by atoms with Crippen LogP contribution in [-0.2, 0) is 15.6 Å². The highest BCUT2D eigenvalue weighted by atomic mass is 35.5. The number of hydrogen-bond donors (Lipinski definition) is 2. The van der Waals surface area contributed by atoms with E-state index < -0.39 is 14.4 Å². The minimum atomic E-state index is -1.84. The van der Waals surface area contributed by atoms with E-state index in [0.717, 1.165) is 22.2 Å². The monoisotopic (exact) mass is 597 g/mol. The molecule has 1 aromatic heterocycles. The normalized spacial score (nSPS) is 12.8. The number of amides is 2. The Morgan fingerprint density at radius 1 is 1.05 bits per heavy atom. The Morgan fingerprint density at radius 3 is 2.39 bits per heavy atom. The molecule has 0 aliphatic heterocycles. The first-order valence-corrected chi connectivity index (χ1v) is 17.6. The number of nitrogens with zero attached hydrogens (tertiary/aromatic N) is 2. The first kappa shape index (κ1) is 32.6. The van der Waals surface area contributed by atoms with Gasteiger partial charge < -0.3 is 19.7 Å². The molecule has 7 nitrogen and oxygen atoms in total. The second-order valence-electron chi connectivity index (χ2n) is 12.2. The molecule has 0 saturated heterocycles. The summed E-state index contributed by atoms with van der Waals surface area (Å²) in [5.41, 5.74) is 3.27. The van der Waals surface area contributed by atoms with Gasteiger partial charge in [0.05, 0.1) is 16.2 Å². The lowest BCUT2D eigenvalue weighted by Gasteiger charge is -2.36. The predicted octanol–water partition coefficient (Wildman–Crippen LogP) is 8.35. The highest BCUT2D eigenvalue weighted by Gasteiger charge is 2.36. The zero-order chi connectivity index (χ0) is 30.2. The van der Waals surface area contributed by atoms with Gasteiger partial charge in [-0.2, -0.15) is 0 Å². The van der Waals surface area contributed by atoms with Crippen molar-refractivity contribution < 1.29 is 19.1 Å². The van der Waals surface area contributed by atoms with E-state index in [4.69, 9.17) is 21.0 Å². The summed E-state index contributed by atoms with van der Waals surface area (Å²) >= 11 is 6.48. The standard InChI is InChI=1S/C32H44ClN3O4Si/c1-23(24-12-8-7-9-13-24)22-29(37)35-30-26-16-15-25(34-28(26)18-17-27(30)33)14-10-19-36(31(38)39)20-11-21-40-41(5,6)32(2,3)4/h7-9,12-13,15-18,23H,10-11,14,19-22H2,1-6H3,(H,35,37)(H,38,39)/t23-/m1/s1. The van der Waals surface area contributed by atoms with Gasteiger partial charge in [-0.3, -0.25) is 9.78 Å². The number of pyridine rings is 1. The van der Waals surface area contributed by atoms with Crippen LogP contribution in [0.25, 0.3) is 10.9 Å². The van der Waals surface area contributed by atoms with Gasteiger partial charge >= 0.3 is 6.09 Å². The van der Waals surface area contributed by atoms with E-state index in [2.05, 4.69) is 39.2 Å². The molecule has 1 atom stereocenters. The van der Waals surface area contributed by atoms with Gasteiger partial charge in [0.15, 0.2) is 8.32 Å². The molecular weight excluding hydrogens is 554 g/mol. The van der Waals surface area contributed by atoms with Crippen LogP contribution in [0.1, 0.15) is 64.1 Å². The Balaban J connectivity index is 1.56. The van der Waals surface area contributed by atoms with Crippen molar-refractivity contribution in [3.05, 3.63) is 70.9 Å². The van der Waals surface area contributed by atoms with Gasteiger partial charge in [0.25, 0.3) is 0 Å². The number of aryl methyl sites for hydroxylation is 1. The number of halogens is 1. The van der Waals surface area contributed by atoms with Gasteiger partial charge in [0.2, 0.25) is 5.91 Å². The number of carbonyl (C=O) groups excluding carboxylic acids is 1. The topological polar surface area (TPSA) is 91.8 Å². The van der Waals surface area contributed by atoms with Crippen LogP contribution in [0.5, 0.6) is 0 Å². The summed E-state index contributed by atoms with van der Waals surface area (Å²) in [7, 11) is -1.84. The molecule has 0 fully saturated rings. The van der Waals surface area contributed by atoms with Crippen LogP contribution in [-0.4, -0.2) is 55.0 Å². The fraction of sp³-hybridized carbons (Fsp3) is 0.469. The molecule has 0 radical (unpaired) electrons. The maximum atomic E-state index is 12.9. The number of anilines is 1. The second kappa shape index (κ2) is 14.3. The maximum absolute atomic E-state index is 12.9. The average Bonchev–Trinajstić information content (AvgIpc) is 2.91. The molecule has 0 unspecified atom stereocenters. The molecule has 41 heavy (non-hydrogen) atoms. The van der Waals surface area contributed by atoms with Crippen LogP contribution in [0.15, 0.2) is 54.6 Å². The number of rotatable bonds is 13. The van der Waals surface area contributed by atoms with Crippen molar-refractivity contribution in [2.75, 3.05) is 25.0 Å². The summed E-state index contributed by atoms with van der Waals surface area (Å²) in [5, 5.41) is 14.0. The van der Waals surface area contributed by atoms with Crippen LogP contribution < -0.4 is 5.32 Å². The molecule has 2 N–H and O–H groups in total. The molecule has 0 aliphatic rings. The quantitative estimate of drug-likeness (QED) is 0.153. The van der Waals surface area contributed by atoms with Gasteiger partial charge in [-0.15, -0.1) is 0 Å². The van der Waals surface area contributed by atoms with E-state index in [1.807, 2.05) is 55.5 Å². The first-order valence-electron chi connectivity index (χ1n) is 14.3. The zero-order valence-corrected chi connectivity index (χ0v) is 26.9. The molecule has 3 rings (SSSR count). The van der Waals surface area contributed by atoms with E-state index in [0.29, 0.717) is 56.1 Å². The summed E-state index contributed by atoms with van der Waals surface area (Å²) in [6, 6.07) is 17.4. The Hall–Kier alpha value is -2.94. The van der Waals surface area contributed by atoms with Crippen LogP contribution in [0.4, 0.5) is 10.5 Å². The molecule has 0 bridgehead atoms. The third-order valence-corrected chi connectivity index (χ3v) is 12.8. The molecule has 9 heteroatoms. The lowest BCUT2D eigenvalue weighted by molar-refractivity contribution is -0.116. The fourth-order valence-electron chi connectivity index (χ4n) is 4.41. The Morgan fingerprint density at radius 2 is 1.73 bits per heavy atom. The summed E-state index contributed by atoms with van der Waals surface area (Å²) in [5.74, 6) is -0.0342. The number of hydrogen-bond acceptors (Lipinski definition) is 4. The SMILES string of the molecule is C[C@H](CC(=O)Nc1c(Cl)ccc2nc(CCCN(CCCO[Si](C)(C)C(C)(C)C)C(=O)O)ccc12)c1ccccc1. The maximum Gasteiger partial charge on any atom is 0.407 e. The lowest BCUT2D eigenvalue weighted by atomic mass is 9.97. The van der Waals surface area contributed by atoms with Crippen LogP contribution in [0.2, 0.25) is 23.2 Å². The van der Waals surface area contributed by atoms with Crippen molar-refractivity contribution in [3.8, 4) is 0 Å². The summed E-state index contributed by atoms with van der Waals surface area (Å²) < 4.78 is 6.19. The van der Waals surface area contributed by atoms with E-state index in [9.17, 15) is 14.7 Å². The first-order chi connectivity index (χ1) is 19.3. The number of carboxylic acid groups (broad SMARTS) is 1. The minimum Gasteiger partial charge on any atom is -0.465 e. The Kier molecular flexibility index (Phi) is 11.4. The molecule has 222 valence electrons. The molecule has 2 amide bonds. The van der Waals surface area contributed by atoms with E-state index in [-0.39, 0.29) is 16.9 Å². The van der Waals surface area contributed by atoms with E-state index in [1.54, 1.807) is 6.07 Å². The summed E-state index contributed by atoms with van der Waals surface area (Å²) in [6.45, 7) is 14.5. The van der Waals surface area contributed by atoms with Gasteiger partial charge in [0.1, 0.15) is 0 Å². The molecule has 0 aliphatic carbocycles. The van der Waals surface area contributed by atoms with Gasteiger partial charge in [0, 0.05) is 37.2 Å². The highest BCUT2D eigenvalue weighted by Crippen LogP contribution is 2.36. The second-order valence-corrected chi connectivity index (χ2v) is 17.4. The fourth-order valence-corrected chi connectivity index (χ4v) is 5.71. The summed E-state index contributed by atoms with van der Waals surface area (Å²) in [4.78, 5) is 30.9. The van der Waals surface area contributed by atoms with Crippen molar-refractivity contribution in [1.29, 1.82) is 0 Å². The highest BCUT2D eigenvalue weighted by molar-refractivity contribution is 6.74. The van der Waals surface area contributed by atoms with Crippen LogP contribution in [0.3, 0.4) is 0 Å². The van der Waals surface area contributed by atoms with Gasteiger partial charge in [-0.1, -0.05) is 69.6 Å². The lowest BCUT2D eigenvalue weighted by Crippen LogP contribution is -2.41. The van der Waals surface area contributed by atoms with Crippen molar-refractivity contribution in [2.24, 2.45) is 0 Å². The molecule has 1 heterocycles. The third kappa shape index (κ3) is 9.28. The molecule has 0 spiro atoms. The minimum absolute atomic E-state index is 0.0739. The Labute approximate surface area is 250 Å². The number of nitrogens with one attached hydrogen (secondary N) is 1. The molecule has 3 aromatic rings. The van der Waals surface area contributed by atoms with Crippen LogP contribution in [0, 0.1) is 0 Å². The van der Waals surface area contributed by atoms with Crippen molar-refractivity contribution in [2.45, 2.75) is 77.4 Å².